The molecule has 1 amide bonds. The molecule has 0 fully saturated rings. The lowest BCUT2D eigenvalue weighted by Crippen LogP contribution is -2.23. The molecule has 0 saturated carbocycles. The highest BCUT2D eigenvalue weighted by atomic mass is 16.5. The molecule has 0 aliphatic carbocycles. The number of para-hydroxylation sites is 3. The van der Waals surface area contributed by atoms with Gasteiger partial charge in [-0.1, -0.05) is 42.5 Å². The van der Waals surface area contributed by atoms with Crippen LogP contribution in [0, 0.1) is 0 Å². The molecule has 0 atom stereocenters. The summed E-state index contributed by atoms with van der Waals surface area (Å²) in [5, 5.41) is 6.24. The van der Waals surface area contributed by atoms with Crippen LogP contribution in [0.1, 0.15) is 12.0 Å². The summed E-state index contributed by atoms with van der Waals surface area (Å²) in [7, 11) is 1.66. The van der Waals surface area contributed by atoms with Gasteiger partial charge in [-0.05, 0) is 54.9 Å². The molecule has 0 heterocycles. The molecular weight excluding hydrogens is 364 g/mol. The van der Waals surface area contributed by atoms with Crippen LogP contribution in [-0.2, 0) is 11.2 Å². The lowest BCUT2D eigenvalue weighted by molar-refractivity contribution is -0.116. The van der Waals surface area contributed by atoms with Gasteiger partial charge < -0.3 is 20.1 Å². The monoisotopic (exact) mass is 390 g/mol. The van der Waals surface area contributed by atoms with Crippen LogP contribution < -0.4 is 20.1 Å². The molecule has 3 aromatic carbocycles. The number of carbonyl (C=O) groups excluding carboxylic acids is 1. The highest BCUT2D eigenvalue weighted by molar-refractivity contribution is 5.92. The van der Waals surface area contributed by atoms with Crippen molar-refractivity contribution in [3.05, 3.63) is 84.4 Å². The van der Waals surface area contributed by atoms with E-state index >= 15 is 0 Å². The minimum absolute atomic E-state index is 0.0499. The second kappa shape index (κ2) is 10.9. The fourth-order valence-electron chi connectivity index (χ4n) is 2.84. The van der Waals surface area contributed by atoms with E-state index in [2.05, 4.69) is 22.8 Å². The summed E-state index contributed by atoms with van der Waals surface area (Å²) < 4.78 is 11.0. The number of nitrogens with one attached hydrogen (secondary N) is 2. The quantitative estimate of drug-likeness (QED) is 0.495. The lowest BCUT2D eigenvalue weighted by Gasteiger charge is -2.12. The number of rotatable bonds is 10. The second-order valence-corrected chi connectivity index (χ2v) is 6.56. The van der Waals surface area contributed by atoms with E-state index in [0.717, 1.165) is 24.5 Å². The molecule has 0 spiro atoms. The molecule has 29 heavy (non-hydrogen) atoms. The van der Waals surface area contributed by atoms with Gasteiger partial charge in [0.25, 0.3) is 0 Å². The summed E-state index contributed by atoms with van der Waals surface area (Å²) in [5.41, 5.74) is 1.90. The third kappa shape index (κ3) is 6.66. The van der Waals surface area contributed by atoms with Gasteiger partial charge in [-0.2, -0.15) is 0 Å². The van der Waals surface area contributed by atoms with Crippen molar-refractivity contribution in [2.45, 2.75) is 12.8 Å². The number of methoxy groups -OCH3 is 1. The summed E-state index contributed by atoms with van der Waals surface area (Å²) in [6.45, 7) is 1.43. The molecule has 5 heteroatoms. The normalized spacial score (nSPS) is 10.4. The first-order chi connectivity index (χ1) is 14.2. The van der Waals surface area contributed by atoms with Crippen molar-refractivity contribution in [2.24, 2.45) is 0 Å². The zero-order valence-electron chi connectivity index (χ0n) is 16.6. The Balaban J connectivity index is 1.41. The Morgan fingerprint density at radius 3 is 2.31 bits per heavy atom. The van der Waals surface area contributed by atoms with E-state index in [1.165, 1.54) is 5.56 Å². The van der Waals surface area contributed by atoms with Gasteiger partial charge in [0.05, 0.1) is 12.8 Å². The molecule has 0 unspecified atom stereocenters. The van der Waals surface area contributed by atoms with Crippen LogP contribution in [0.25, 0.3) is 0 Å². The van der Waals surface area contributed by atoms with Crippen LogP contribution in [-0.4, -0.2) is 26.1 Å². The topological polar surface area (TPSA) is 59.6 Å². The maximum Gasteiger partial charge on any atom is 0.225 e. The molecule has 0 bridgehead atoms. The minimum atomic E-state index is -0.0499. The number of hydrogen-bond acceptors (Lipinski definition) is 4. The Labute approximate surface area is 171 Å². The van der Waals surface area contributed by atoms with Crippen LogP contribution in [0.5, 0.6) is 17.2 Å². The van der Waals surface area contributed by atoms with E-state index in [4.69, 9.17) is 9.47 Å². The molecule has 5 nitrogen and oxygen atoms in total. The smallest absolute Gasteiger partial charge is 0.225 e. The van der Waals surface area contributed by atoms with Crippen molar-refractivity contribution < 1.29 is 14.3 Å². The molecule has 0 aromatic heterocycles. The average Bonchev–Trinajstić information content (AvgIpc) is 2.76. The van der Waals surface area contributed by atoms with Gasteiger partial charge >= 0.3 is 0 Å². The molecule has 0 aliphatic heterocycles. The Kier molecular flexibility index (Phi) is 7.66. The fraction of sp³-hybridized carbons (Fsp3) is 0.208. The van der Waals surface area contributed by atoms with E-state index in [1.54, 1.807) is 7.11 Å². The lowest BCUT2D eigenvalue weighted by atomic mass is 10.1. The molecule has 0 aliphatic rings. The van der Waals surface area contributed by atoms with Crippen molar-refractivity contribution in [3.63, 3.8) is 0 Å². The third-order valence-corrected chi connectivity index (χ3v) is 4.41. The Morgan fingerprint density at radius 1 is 0.828 bits per heavy atom. The van der Waals surface area contributed by atoms with Crippen LogP contribution >= 0.6 is 0 Å². The van der Waals surface area contributed by atoms with E-state index in [9.17, 15) is 4.79 Å². The fourth-order valence-corrected chi connectivity index (χ4v) is 2.84. The second-order valence-electron chi connectivity index (χ2n) is 6.56. The standard InChI is InChI=1S/C24H26N2O3/c1-28-20-13-11-19(12-14-20)15-17-25-18-16-24(27)26-22-9-5-6-10-23(22)29-21-7-3-2-4-8-21/h2-14,25H,15-18H2,1H3,(H,26,27). The van der Waals surface area contributed by atoms with Gasteiger partial charge in [0.15, 0.2) is 5.75 Å². The number of ether oxygens (including phenoxy) is 2. The average molecular weight is 390 g/mol. The summed E-state index contributed by atoms with van der Waals surface area (Å²) in [4.78, 5) is 12.3. The van der Waals surface area contributed by atoms with Gasteiger partial charge in [-0.25, -0.2) is 0 Å². The predicted molar refractivity (Wildman–Crippen MR) is 116 cm³/mol. The van der Waals surface area contributed by atoms with E-state index in [-0.39, 0.29) is 5.91 Å². The van der Waals surface area contributed by atoms with E-state index < -0.39 is 0 Å². The van der Waals surface area contributed by atoms with Crippen LogP contribution in [0.3, 0.4) is 0 Å². The van der Waals surface area contributed by atoms with Crippen LogP contribution in [0.15, 0.2) is 78.9 Å². The van der Waals surface area contributed by atoms with Crippen LogP contribution in [0.4, 0.5) is 5.69 Å². The molecule has 150 valence electrons. The maximum atomic E-state index is 12.3. The zero-order valence-corrected chi connectivity index (χ0v) is 16.6. The van der Waals surface area contributed by atoms with Crippen LogP contribution in [0.2, 0.25) is 0 Å². The summed E-state index contributed by atoms with van der Waals surface area (Å²) in [6.07, 6.45) is 1.29. The van der Waals surface area contributed by atoms with Gasteiger partial charge in [-0.3, -0.25) is 4.79 Å². The molecule has 3 rings (SSSR count). The molecule has 2 N–H and O–H groups in total. The van der Waals surface area contributed by atoms with Crippen molar-refractivity contribution in [3.8, 4) is 17.2 Å². The summed E-state index contributed by atoms with van der Waals surface area (Å²) >= 11 is 0. The number of anilines is 1. The van der Waals surface area contributed by atoms with E-state index in [1.807, 2.05) is 66.7 Å². The van der Waals surface area contributed by atoms with Crippen molar-refractivity contribution in [1.29, 1.82) is 0 Å². The Bertz CT molecular complexity index is 896. The van der Waals surface area contributed by atoms with Crippen molar-refractivity contribution >= 4 is 11.6 Å². The van der Waals surface area contributed by atoms with Crippen molar-refractivity contribution in [1.82, 2.24) is 5.32 Å². The number of amides is 1. The number of carbonyl (C=O) groups is 1. The molecule has 0 saturated heterocycles. The summed E-state index contributed by atoms with van der Waals surface area (Å²) in [6, 6.07) is 25.0. The van der Waals surface area contributed by atoms with Gasteiger partial charge in [0, 0.05) is 13.0 Å². The van der Waals surface area contributed by atoms with Crippen molar-refractivity contribution in [2.75, 3.05) is 25.5 Å². The first-order valence-electron chi connectivity index (χ1n) is 9.70. The maximum absolute atomic E-state index is 12.3. The van der Waals surface area contributed by atoms with Gasteiger partial charge in [0.1, 0.15) is 11.5 Å². The Morgan fingerprint density at radius 2 is 1.55 bits per heavy atom. The zero-order chi connectivity index (χ0) is 20.3. The highest BCUT2D eigenvalue weighted by Crippen LogP contribution is 2.29. The molecular formula is C24H26N2O3. The minimum Gasteiger partial charge on any atom is -0.497 e. The van der Waals surface area contributed by atoms with Gasteiger partial charge in [0.2, 0.25) is 5.91 Å². The Hall–Kier alpha value is -3.31. The largest absolute Gasteiger partial charge is 0.497 e. The number of benzene rings is 3. The molecule has 3 aromatic rings. The SMILES string of the molecule is COc1ccc(CCNCCC(=O)Nc2ccccc2Oc2ccccc2)cc1. The third-order valence-electron chi connectivity index (χ3n) is 4.41. The first-order valence-corrected chi connectivity index (χ1v) is 9.70. The number of hydrogen-bond donors (Lipinski definition) is 2. The van der Waals surface area contributed by atoms with Gasteiger partial charge in [-0.15, -0.1) is 0 Å². The highest BCUT2D eigenvalue weighted by Gasteiger charge is 2.08. The predicted octanol–water partition coefficient (Wildman–Crippen LogP) is 4.65. The summed E-state index contributed by atoms with van der Waals surface area (Å²) in [5.74, 6) is 2.16. The van der Waals surface area contributed by atoms with E-state index in [0.29, 0.717) is 24.4 Å². The molecule has 0 radical (unpaired) electrons. The first kappa shape index (κ1) is 20.4.